The van der Waals surface area contributed by atoms with Crippen LogP contribution in [0.3, 0.4) is 0 Å². The van der Waals surface area contributed by atoms with Crippen molar-refractivity contribution in [1.82, 2.24) is 4.72 Å². The number of rotatable bonds is 6. The largest absolute Gasteiger partial charge is 0.377 e. The molecule has 1 N–H and O–H groups in total. The van der Waals surface area contributed by atoms with Crippen LogP contribution in [0.15, 0.2) is 59.5 Å². The first-order valence-corrected chi connectivity index (χ1v) is 12.6. The summed E-state index contributed by atoms with van der Waals surface area (Å²) >= 11 is 24.9. The number of halogens is 4. The van der Waals surface area contributed by atoms with Gasteiger partial charge in [0, 0.05) is 50.0 Å². The fourth-order valence-electron chi connectivity index (χ4n) is 3.53. The maximum atomic E-state index is 13.1. The molecule has 0 saturated carbocycles. The molecule has 0 spiro atoms. The van der Waals surface area contributed by atoms with Crippen molar-refractivity contribution in [2.75, 3.05) is 38.0 Å². The minimum Gasteiger partial charge on any atom is -0.377 e. The molecule has 0 aromatic heterocycles. The summed E-state index contributed by atoms with van der Waals surface area (Å²) in [5, 5.41) is 2.12. The molecule has 172 valence electrons. The number of benzene rings is 3. The molecule has 32 heavy (non-hydrogen) atoms. The second-order valence-corrected chi connectivity index (χ2v) is 12.2. The second kappa shape index (κ2) is 9.45. The Bertz CT molecular complexity index is 1210. The van der Waals surface area contributed by atoms with Gasteiger partial charge in [-0.05, 0) is 47.3 Å². The van der Waals surface area contributed by atoms with Gasteiger partial charge in [-0.15, -0.1) is 0 Å². The quantitative estimate of drug-likeness (QED) is 0.393. The third-order valence-electron chi connectivity index (χ3n) is 5.03. The molecule has 1 atom stereocenters. The Balaban J connectivity index is 2.23. The van der Waals surface area contributed by atoms with Crippen molar-refractivity contribution in [2.45, 2.75) is 14.7 Å². The van der Waals surface area contributed by atoms with E-state index in [1.807, 2.05) is 62.3 Å². The molecule has 3 aromatic carbocycles. The number of sulfonamides is 1. The van der Waals surface area contributed by atoms with Crippen molar-refractivity contribution in [1.29, 1.82) is 0 Å². The summed E-state index contributed by atoms with van der Waals surface area (Å²) in [6.45, 7) is 0. The average Bonchev–Trinajstić information content (AvgIpc) is 2.70. The van der Waals surface area contributed by atoms with E-state index in [4.69, 9.17) is 46.4 Å². The van der Waals surface area contributed by atoms with E-state index in [0.717, 1.165) is 22.1 Å². The monoisotopic (exact) mass is 533 g/mol. The summed E-state index contributed by atoms with van der Waals surface area (Å²) in [5.41, 5.74) is 2.46. The van der Waals surface area contributed by atoms with Gasteiger partial charge < -0.3 is 9.80 Å². The molecule has 0 aliphatic heterocycles. The SMILES string of the molecule is CN(C)c1cccc2c([C@@H](NS(=O)(=O)c3ccc(Cl)cc3)C(Cl)(Cl)Cl)ccc(N(C)C)c12. The van der Waals surface area contributed by atoms with Crippen LogP contribution < -0.4 is 14.5 Å². The lowest BCUT2D eigenvalue weighted by Crippen LogP contribution is -2.36. The molecule has 0 saturated heterocycles. The summed E-state index contributed by atoms with van der Waals surface area (Å²) in [6, 6.07) is 14.1. The molecule has 0 heterocycles. The molecule has 0 fully saturated rings. The van der Waals surface area contributed by atoms with E-state index in [9.17, 15) is 8.42 Å². The lowest BCUT2D eigenvalue weighted by atomic mass is 9.96. The molecule has 3 aromatic rings. The lowest BCUT2D eigenvalue weighted by molar-refractivity contribution is 0.559. The van der Waals surface area contributed by atoms with Gasteiger partial charge in [0.05, 0.1) is 10.9 Å². The number of alkyl halides is 3. The summed E-state index contributed by atoms with van der Waals surface area (Å²) in [4.78, 5) is 3.99. The normalized spacial score (nSPS) is 13.2. The number of nitrogens with one attached hydrogen (secondary N) is 1. The number of hydrogen-bond acceptors (Lipinski definition) is 4. The van der Waals surface area contributed by atoms with Crippen LogP contribution in [-0.2, 0) is 10.0 Å². The van der Waals surface area contributed by atoms with Gasteiger partial charge in [0.15, 0.2) is 0 Å². The van der Waals surface area contributed by atoms with E-state index in [-0.39, 0.29) is 4.90 Å². The van der Waals surface area contributed by atoms with E-state index in [1.54, 1.807) is 6.07 Å². The van der Waals surface area contributed by atoms with Crippen LogP contribution in [0.5, 0.6) is 0 Å². The molecule has 0 radical (unpaired) electrons. The van der Waals surface area contributed by atoms with Gasteiger partial charge in [0.1, 0.15) is 0 Å². The Kier molecular flexibility index (Phi) is 7.45. The minimum absolute atomic E-state index is 0.0179. The van der Waals surface area contributed by atoms with E-state index in [0.29, 0.717) is 10.6 Å². The van der Waals surface area contributed by atoms with Gasteiger partial charge in [0.25, 0.3) is 0 Å². The highest BCUT2D eigenvalue weighted by molar-refractivity contribution is 7.89. The van der Waals surface area contributed by atoms with Crippen LogP contribution in [0.4, 0.5) is 11.4 Å². The first-order valence-electron chi connectivity index (χ1n) is 9.58. The van der Waals surface area contributed by atoms with Crippen molar-refractivity contribution < 1.29 is 8.42 Å². The van der Waals surface area contributed by atoms with Gasteiger partial charge in [-0.3, -0.25) is 0 Å². The van der Waals surface area contributed by atoms with Gasteiger partial charge in [0.2, 0.25) is 13.8 Å². The molecule has 0 unspecified atom stereocenters. The topological polar surface area (TPSA) is 52.7 Å². The van der Waals surface area contributed by atoms with Crippen molar-refractivity contribution in [3.63, 3.8) is 0 Å². The first-order chi connectivity index (χ1) is 14.8. The zero-order valence-electron chi connectivity index (χ0n) is 17.9. The highest BCUT2D eigenvalue weighted by Gasteiger charge is 2.38. The first kappa shape index (κ1) is 25.2. The Labute approximate surface area is 208 Å². The Morgan fingerprint density at radius 2 is 1.41 bits per heavy atom. The zero-order chi connectivity index (χ0) is 23.8. The summed E-state index contributed by atoms with van der Waals surface area (Å²) < 4.78 is 26.9. The van der Waals surface area contributed by atoms with Gasteiger partial charge in [-0.1, -0.05) is 64.6 Å². The number of nitrogens with zero attached hydrogens (tertiary/aromatic N) is 2. The molecule has 3 rings (SSSR count). The van der Waals surface area contributed by atoms with Crippen LogP contribution >= 0.6 is 46.4 Å². The van der Waals surface area contributed by atoms with Gasteiger partial charge >= 0.3 is 0 Å². The van der Waals surface area contributed by atoms with E-state index < -0.39 is 19.9 Å². The zero-order valence-corrected chi connectivity index (χ0v) is 21.7. The Morgan fingerprint density at radius 3 is 1.94 bits per heavy atom. The summed E-state index contributed by atoms with van der Waals surface area (Å²) in [6.07, 6.45) is 0. The van der Waals surface area contributed by atoms with Crippen molar-refractivity contribution in [2.24, 2.45) is 0 Å². The standard InChI is InChI=1S/C22H23Cl4N3O2S/c1-28(2)18-7-5-6-16-17(12-13-19(20(16)18)29(3)4)21(22(24,25)26)27-32(30,31)15-10-8-14(23)9-11-15/h5-13,21,27H,1-4H3/t21-/m1/s1. The van der Waals surface area contributed by atoms with Crippen molar-refractivity contribution >= 4 is 78.6 Å². The predicted octanol–water partition coefficient (Wildman–Crippen LogP) is 6.02. The van der Waals surface area contributed by atoms with E-state index >= 15 is 0 Å². The highest BCUT2D eigenvalue weighted by atomic mass is 35.6. The number of anilines is 2. The van der Waals surface area contributed by atoms with Gasteiger partial charge in [-0.2, -0.15) is 4.72 Å². The predicted molar refractivity (Wildman–Crippen MR) is 137 cm³/mol. The third kappa shape index (κ3) is 5.22. The maximum absolute atomic E-state index is 13.1. The van der Waals surface area contributed by atoms with Crippen LogP contribution in [0, 0.1) is 0 Å². The summed E-state index contributed by atoms with van der Waals surface area (Å²) in [5.74, 6) is 0. The van der Waals surface area contributed by atoms with Crippen LogP contribution in [0.2, 0.25) is 5.02 Å². The van der Waals surface area contributed by atoms with E-state index in [1.165, 1.54) is 24.3 Å². The Morgan fingerprint density at radius 1 is 0.844 bits per heavy atom. The Hall–Kier alpha value is -1.41. The molecule has 0 aliphatic carbocycles. The molecule has 0 bridgehead atoms. The molecular formula is C22H23Cl4N3O2S. The lowest BCUT2D eigenvalue weighted by Gasteiger charge is -2.29. The second-order valence-electron chi connectivity index (χ2n) is 7.71. The number of fused-ring (bicyclic) bond motifs is 1. The van der Waals surface area contributed by atoms with Crippen LogP contribution in [0.1, 0.15) is 11.6 Å². The highest BCUT2D eigenvalue weighted by Crippen LogP contribution is 2.45. The molecule has 0 amide bonds. The van der Waals surface area contributed by atoms with Gasteiger partial charge in [-0.25, -0.2) is 8.42 Å². The fraction of sp³-hybridized carbons (Fsp3) is 0.273. The fourth-order valence-corrected chi connectivity index (χ4v) is 5.61. The number of hydrogen-bond donors (Lipinski definition) is 1. The van der Waals surface area contributed by atoms with Crippen LogP contribution in [0.25, 0.3) is 10.8 Å². The third-order valence-corrected chi connectivity index (χ3v) is 7.37. The van der Waals surface area contributed by atoms with Crippen LogP contribution in [-0.4, -0.2) is 40.4 Å². The van der Waals surface area contributed by atoms with E-state index in [2.05, 4.69) is 4.72 Å². The molecular weight excluding hydrogens is 512 g/mol. The maximum Gasteiger partial charge on any atom is 0.241 e. The van der Waals surface area contributed by atoms with Crippen molar-refractivity contribution in [3.8, 4) is 0 Å². The summed E-state index contributed by atoms with van der Waals surface area (Å²) in [7, 11) is 3.75. The molecule has 10 heteroatoms. The molecule has 5 nitrogen and oxygen atoms in total. The van der Waals surface area contributed by atoms with Crippen molar-refractivity contribution in [3.05, 3.63) is 65.2 Å². The average molecular weight is 535 g/mol. The molecule has 0 aliphatic rings. The smallest absolute Gasteiger partial charge is 0.241 e. The minimum atomic E-state index is -4.01.